The Morgan fingerprint density at radius 1 is 1.00 bits per heavy atom. The second kappa shape index (κ2) is 4.08. The maximum absolute atomic E-state index is 3.52. The summed E-state index contributed by atoms with van der Waals surface area (Å²) in [4.78, 5) is 0. The second-order valence-electron chi connectivity index (χ2n) is 0.179. The van der Waals surface area contributed by atoms with Gasteiger partial charge in [-0.15, -0.1) is 0 Å². The zero-order valence-corrected chi connectivity index (χ0v) is 8.22. The Bertz CT molecular complexity index is 25.0. The fourth-order valence-electron chi connectivity index (χ4n) is 0. The van der Waals surface area contributed by atoms with Crippen LogP contribution in [0.5, 0.6) is 0 Å². The fraction of sp³-hybridized carbons (Fsp3) is 0. The van der Waals surface area contributed by atoms with E-state index in [1.807, 2.05) is 0 Å². The van der Waals surface area contributed by atoms with Gasteiger partial charge in [0.05, 0.1) is 0 Å². The molecule has 0 atom stereocenters. The summed E-state index contributed by atoms with van der Waals surface area (Å²) in [5, 5.41) is 0. The van der Waals surface area contributed by atoms with Crippen LogP contribution >= 0.6 is 0 Å². The van der Waals surface area contributed by atoms with Gasteiger partial charge in [-0.05, 0) is 0 Å². The molecule has 4 heteroatoms. The summed E-state index contributed by atoms with van der Waals surface area (Å²) in [7, 11) is 0. The molecule has 0 fully saturated rings. The Labute approximate surface area is 48.5 Å². The number of hydrogen-bond donors (Lipinski definition) is 0. The topological polar surface area (TPSA) is 24.7 Å². The molecule has 0 N–H and O–H groups in total. The predicted molar refractivity (Wildman–Crippen MR) is 4.86 cm³/mol. The monoisotopic (exact) mass is 390 g/mol. The summed E-state index contributed by atoms with van der Waals surface area (Å²) in [6.07, 6.45) is 0. The molecule has 0 spiro atoms. The predicted octanol–water partition coefficient (Wildman–Crippen LogP) is 0.362. The summed E-state index contributed by atoms with van der Waals surface area (Å²) < 4.78 is 7.04. The summed E-state index contributed by atoms with van der Waals surface area (Å²) in [6.45, 7) is 0. The Morgan fingerprint density at radius 2 is 1.25 bits per heavy atom. The van der Waals surface area contributed by atoms with Crippen LogP contribution in [0.4, 0.5) is 0 Å². The molecule has 0 bridgehead atoms. The van der Waals surface area contributed by atoms with Crippen molar-refractivity contribution in [3.63, 3.8) is 0 Å². The third-order valence-electron chi connectivity index (χ3n) is 0.0400. The molecule has 0 saturated carbocycles. The molecule has 0 radical (unpaired) electrons. The van der Waals surface area contributed by atoms with Gasteiger partial charge in [0.25, 0.3) is 0 Å². The summed E-state index contributed by atoms with van der Waals surface area (Å²) in [5.41, 5.74) is 0. The first kappa shape index (κ1) is 5.08. The van der Waals surface area contributed by atoms with E-state index < -0.39 is 0 Å². The molecule has 0 aromatic heterocycles. The molecule has 0 aromatic carbocycles. The van der Waals surface area contributed by atoms with Gasteiger partial charge < -0.3 is 0 Å². The molecule has 2 nitrogen and oxygen atoms in total. The average molecular weight is 390 g/mol. The van der Waals surface area contributed by atoms with Crippen molar-refractivity contribution in [1.82, 2.24) is 0 Å². The van der Waals surface area contributed by atoms with E-state index in [1.165, 1.54) is 0 Å². The molecule has 0 aliphatic rings. The molecular formula is N2Ta2. The molecule has 0 unspecified atom stereocenters. The number of nitrogens with zero attached hydrogens (tertiary/aromatic N) is 2. The van der Waals surface area contributed by atoms with Crippen LogP contribution in [0, 0.1) is 0 Å². The van der Waals surface area contributed by atoms with Crippen LogP contribution in [0.2, 0.25) is 0 Å². The van der Waals surface area contributed by atoms with Crippen LogP contribution < -0.4 is 0 Å². The van der Waals surface area contributed by atoms with Gasteiger partial charge >= 0.3 is 48.7 Å². The van der Waals surface area contributed by atoms with E-state index in [-0.39, 0.29) is 0 Å². The van der Waals surface area contributed by atoms with Crippen molar-refractivity contribution in [2.45, 2.75) is 0 Å². The van der Waals surface area contributed by atoms with Crippen LogP contribution in [0.25, 0.3) is 0 Å². The summed E-state index contributed by atoms with van der Waals surface area (Å²) >= 11 is 2.07. The summed E-state index contributed by atoms with van der Waals surface area (Å²) in [6, 6.07) is 0. The Morgan fingerprint density at radius 3 is 1.25 bits per heavy atom. The van der Waals surface area contributed by atoms with Gasteiger partial charge in [0.2, 0.25) is 0 Å². The first-order valence-corrected chi connectivity index (χ1v) is 3.47. The van der Waals surface area contributed by atoms with Gasteiger partial charge in [-0.2, -0.15) is 0 Å². The fourth-order valence-corrected chi connectivity index (χ4v) is 0. The van der Waals surface area contributed by atoms with Gasteiger partial charge in [0.1, 0.15) is 0 Å². The normalized spacial score (nSPS) is 4.50. The van der Waals surface area contributed by atoms with E-state index in [4.69, 9.17) is 0 Å². The molecule has 0 saturated heterocycles. The Hall–Kier alpha value is 1.08. The second-order valence-corrected chi connectivity index (χ2v) is 1.46. The van der Waals surface area contributed by atoms with E-state index in [1.54, 1.807) is 0 Å². The van der Waals surface area contributed by atoms with E-state index in [9.17, 15) is 0 Å². The van der Waals surface area contributed by atoms with Crippen molar-refractivity contribution in [2.75, 3.05) is 0 Å². The average Bonchev–Trinajstić information content (AvgIpc) is 1.37. The Balaban J connectivity index is 2.73. The van der Waals surface area contributed by atoms with E-state index >= 15 is 0 Å². The van der Waals surface area contributed by atoms with Gasteiger partial charge in [0.15, 0.2) is 0 Å². The molecule has 0 rings (SSSR count). The van der Waals surface area contributed by atoms with Gasteiger partial charge in [-0.1, -0.05) is 0 Å². The zero-order valence-electron chi connectivity index (χ0n) is 1.79. The van der Waals surface area contributed by atoms with Crippen LogP contribution in [-0.4, -0.2) is 0 Å². The molecule has 4 heavy (non-hydrogen) atoms. The molecule has 20 valence electrons. The van der Waals surface area contributed by atoms with Crippen molar-refractivity contribution in [3.05, 3.63) is 0 Å². The van der Waals surface area contributed by atoms with Gasteiger partial charge in [-0.25, -0.2) is 0 Å². The first-order chi connectivity index (χ1) is 1.91. The quantitative estimate of drug-likeness (QED) is 0.579. The molecular weight excluding hydrogens is 390 g/mol. The van der Waals surface area contributed by atoms with Crippen molar-refractivity contribution in [1.29, 1.82) is 0 Å². The van der Waals surface area contributed by atoms with Gasteiger partial charge in [-0.3, -0.25) is 0 Å². The molecule has 0 heterocycles. The molecule has 0 aliphatic heterocycles. The Kier molecular flexibility index (Phi) is 5.18. The van der Waals surface area contributed by atoms with E-state index in [2.05, 4.69) is 6.89 Å². The van der Waals surface area contributed by atoms with Gasteiger partial charge in [0, 0.05) is 0 Å². The van der Waals surface area contributed by atoms with Crippen LogP contribution in [0.3, 0.4) is 0 Å². The zero-order chi connectivity index (χ0) is 3.41. The third-order valence-corrected chi connectivity index (χ3v) is 2.68. The summed E-state index contributed by atoms with van der Waals surface area (Å²) in [5.74, 6) is 0. The van der Waals surface area contributed by atoms with E-state index in [0.29, 0.717) is 0 Å². The van der Waals surface area contributed by atoms with E-state index in [0.717, 1.165) is 41.8 Å². The number of hydrogen-bond acceptors (Lipinski definition) is 2. The SMILES string of the molecule is [Ta]=[N][N]=[Ta]. The van der Waals surface area contributed by atoms with Crippen LogP contribution in [0.15, 0.2) is 6.89 Å². The first-order valence-electron chi connectivity index (χ1n) is 0.600. The van der Waals surface area contributed by atoms with Crippen LogP contribution in [-0.2, 0) is 41.8 Å². The minimum atomic E-state index is 1.03. The molecule has 0 aromatic rings. The van der Waals surface area contributed by atoms with Crippen molar-refractivity contribution < 1.29 is 41.8 Å². The van der Waals surface area contributed by atoms with Crippen molar-refractivity contribution in [2.24, 2.45) is 6.89 Å². The molecule has 0 aliphatic carbocycles. The molecule has 0 amide bonds. The van der Waals surface area contributed by atoms with Crippen LogP contribution in [0.1, 0.15) is 0 Å². The maximum atomic E-state index is 3.52. The minimum absolute atomic E-state index is 1.03. The third kappa shape index (κ3) is 3.08. The standard InChI is InChI=1S/N2.2Ta/c1-2;;. The van der Waals surface area contributed by atoms with Crippen molar-refractivity contribution >= 4 is 0 Å². The van der Waals surface area contributed by atoms with Crippen molar-refractivity contribution in [3.8, 4) is 0 Å². The number of rotatable bonds is 1.